The standard InChI is InChI=1S/C16H21N3O2/c1-3-13-4-6-14(7-5-13)10-19-8-9-20-15(11-19)16-17-12(2)21-18-16/h4-7,15H,3,8-11H2,1-2H3/t15-/m1/s1. The summed E-state index contributed by atoms with van der Waals surface area (Å²) in [6.45, 7) is 7.34. The highest BCUT2D eigenvalue weighted by atomic mass is 16.5. The van der Waals surface area contributed by atoms with E-state index in [0.717, 1.165) is 26.1 Å². The van der Waals surface area contributed by atoms with Gasteiger partial charge in [-0.1, -0.05) is 36.3 Å². The van der Waals surface area contributed by atoms with Crippen molar-refractivity contribution in [2.45, 2.75) is 32.9 Å². The van der Waals surface area contributed by atoms with Gasteiger partial charge in [-0.25, -0.2) is 0 Å². The monoisotopic (exact) mass is 287 g/mol. The molecule has 1 saturated heterocycles. The molecule has 0 amide bonds. The normalized spacial score (nSPS) is 19.8. The van der Waals surface area contributed by atoms with Crippen LogP contribution in [0.5, 0.6) is 0 Å². The molecule has 0 aliphatic carbocycles. The number of aryl methyl sites for hydroxylation is 2. The molecule has 21 heavy (non-hydrogen) atoms. The van der Waals surface area contributed by atoms with Gasteiger partial charge in [0.15, 0.2) is 0 Å². The van der Waals surface area contributed by atoms with Crippen molar-refractivity contribution < 1.29 is 9.26 Å². The van der Waals surface area contributed by atoms with Crippen LogP contribution in [-0.2, 0) is 17.7 Å². The van der Waals surface area contributed by atoms with E-state index in [9.17, 15) is 0 Å². The first-order valence-electron chi connectivity index (χ1n) is 7.46. The molecule has 0 radical (unpaired) electrons. The summed E-state index contributed by atoms with van der Waals surface area (Å²) in [6.07, 6.45) is 0.989. The zero-order valence-electron chi connectivity index (χ0n) is 12.6. The third kappa shape index (κ3) is 3.49. The molecular formula is C16H21N3O2. The van der Waals surface area contributed by atoms with Gasteiger partial charge in [-0.15, -0.1) is 0 Å². The summed E-state index contributed by atoms with van der Waals surface area (Å²) < 4.78 is 10.8. The van der Waals surface area contributed by atoms with Gasteiger partial charge in [0.2, 0.25) is 11.7 Å². The molecule has 3 rings (SSSR count). The molecule has 112 valence electrons. The lowest BCUT2D eigenvalue weighted by atomic mass is 10.1. The molecule has 0 saturated carbocycles. The highest BCUT2D eigenvalue weighted by Gasteiger charge is 2.25. The van der Waals surface area contributed by atoms with E-state index in [2.05, 4.69) is 46.2 Å². The van der Waals surface area contributed by atoms with E-state index in [1.165, 1.54) is 11.1 Å². The van der Waals surface area contributed by atoms with Crippen LogP contribution >= 0.6 is 0 Å². The van der Waals surface area contributed by atoms with Crippen molar-refractivity contribution in [1.29, 1.82) is 0 Å². The average molecular weight is 287 g/mol. The maximum atomic E-state index is 5.76. The first-order chi connectivity index (χ1) is 10.2. The summed E-state index contributed by atoms with van der Waals surface area (Å²) >= 11 is 0. The van der Waals surface area contributed by atoms with Crippen molar-refractivity contribution in [1.82, 2.24) is 15.0 Å². The minimum absolute atomic E-state index is 0.0916. The fourth-order valence-corrected chi connectivity index (χ4v) is 2.59. The van der Waals surface area contributed by atoms with Crippen LogP contribution in [0.1, 0.15) is 35.9 Å². The van der Waals surface area contributed by atoms with Gasteiger partial charge in [0.1, 0.15) is 6.10 Å². The summed E-state index contributed by atoms with van der Waals surface area (Å²) in [6, 6.07) is 8.83. The Balaban J connectivity index is 1.62. The lowest BCUT2D eigenvalue weighted by Gasteiger charge is -2.31. The molecule has 1 fully saturated rings. The number of hydrogen-bond donors (Lipinski definition) is 0. The van der Waals surface area contributed by atoms with Crippen LogP contribution in [0.15, 0.2) is 28.8 Å². The quantitative estimate of drug-likeness (QED) is 0.865. The van der Waals surface area contributed by atoms with Crippen molar-refractivity contribution in [2.75, 3.05) is 19.7 Å². The Kier molecular flexibility index (Phi) is 4.31. The molecule has 1 aromatic heterocycles. The summed E-state index contributed by atoms with van der Waals surface area (Å²) in [4.78, 5) is 6.64. The van der Waals surface area contributed by atoms with Gasteiger partial charge >= 0.3 is 0 Å². The van der Waals surface area contributed by atoms with Crippen molar-refractivity contribution in [3.63, 3.8) is 0 Å². The van der Waals surface area contributed by atoms with E-state index in [4.69, 9.17) is 9.26 Å². The predicted molar refractivity (Wildman–Crippen MR) is 78.8 cm³/mol. The maximum absolute atomic E-state index is 5.76. The van der Waals surface area contributed by atoms with Crippen LogP contribution in [-0.4, -0.2) is 34.7 Å². The van der Waals surface area contributed by atoms with Gasteiger partial charge in [-0.3, -0.25) is 4.90 Å². The second-order valence-corrected chi connectivity index (χ2v) is 5.44. The van der Waals surface area contributed by atoms with E-state index in [0.29, 0.717) is 18.3 Å². The average Bonchev–Trinajstić information content (AvgIpc) is 2.95. The summed E-state index contributed by atoms with van der Waals surface area (Å²) in [5, 5.41) is 3.97. The molecule has 1 aromatic carbocycles. The first-order valence-corrected chi connectivity index (χ1v) is 7.46. The Labute approximate surface area is 124 Å². The third-order valence-corrected chi connectivity index (χ3v) is 3.82. The molecule has 5 heteroatoms. The van der Waals surface area contributed by atoms with E-state index >= 15 is 0 Å². The number of hydrogen-bond acceptors (Lipinski definition) is 5. The van der Waals surface area contributed by atoms with Gasteiger partial charge in [-0.05, 0) is 17.5 Å². The molecule has 0 N–H and O–H groups in total. The van der Waals surface area contributed by atoms with Crippen LogP contribution in [0.4, 0.5) is 0 Å². The zero-order chi connectivity index (χ0) is 14.7. The van der Waals surface area contributed by atoms with E-state index in [-0.39, 0.29) is 6.10 Å². The Hall–Kier alpha value is -1.72. The summed E-state index contributed by atoms with van der Waals surface area (Å²) in [7, 11) is 0. The molecule has 0 unspecified atom stereocenters. The zero-order valence-corrected chi connectivity index (χ0v) is 12.6. The Morgan fingerprint density at radius 2 is 2.00 bits per heavy atom. The molecule has 0 spiro atoms. The fraction of sp³-hybridized carbons (Fsp3) is 0.500. The molecule has 2 aromatic rings. The van der Waals surface area contributed by atoms with Crippen LogP contribution in [0.25, 0.3) is 0 Å². The molecule has 5 nitrogen and oxygen atoms in total. The van der Waals surface area contributed by atoms with Gasteiger partial charge in [0, 0.05) is 26.6 Å². The van der Waals surface area contributed by atoms with Crippen LogP contribution in [0, 0.1) is 6.92 Å². The molecular weight excluding hydrogens is 266 g/mol. The Morgan fingerprint density at radius 1 is 1.24 bits per heavy atom. The van der Waals surface area contributed by atoms with Crippen LogP contribution < -0.4 is 0 Å². The van der Waals surface area contributed by atoms with Crippen molar-refractivity contribution in [3.8, 4) is 0 Å². The molecule has 0 bridgehead atoms. The maximum Gasteiger partial charge on any atom is 0.223 e. The SMILES string of the molecule is CCc1ccc(CN2CCO[C@@H](c3noc(C)n3)C2)cc1. The predicted octanol–water partition coefficient (Wildman–Crippen LogP) is 2.51. The highest BCUT2D eigenvalue weighted by Crippen LogP contribution is 2.21. The minimum atomic E-state index is -0.0916. The third-order valence-electron chi connectivity index (χ3n) is 3.82. The van der Waals surface area contributed by atoms with E-state index in [1.54, 1.807) is 6.92 Å². The number of ether oxygens (including phenoxy) is 1. The Morgan fingerprint density at radius 3 is 2.67 bits per heavy atom. The summed E-state index contributed by atoms with van der Waals surface area (Å²) in [5.41, 5.74) is 2.71. The second-order valence-electron chi connectivity index (χ2n) is 5.44. The number of nitrogens with zero attached hydrogens (tertiary/aromatic N) is 3. The van der Waals surface area contributed by atoms with Gasteiger partial charge < -0.3 is 9.26 Å². The van der Waals surface area contributed by atoms with Crippen molar-refractivity contribution in [3.05, 3.63) is 47.1 Å². The molecule has 1 aliphatic rings. The highest BCUT2D eigenvalue weighted by molar-refractivity contribution is 5.22. The van der Waals surface area contributed by atoms with Crippen LogP contribution in [0.2, 0.25) is 0 Å². The number of benzene rings is 1. The van der Waals surface area contributed by atoms with E-state index < -0.39 is 0 Å². The first kappa shape index (κ1) is 14.2. The number of morpholine rings is 1. The number of rotatable bonds is 4. The van der Waals surface area contributed by atoms with Gasteiger partial charge in [-0.2, -0.15) is 4.98 Å². The summed E-state index contributed by atoms with van der Waals surface area (Å²) in [5.74, 6) is 1.24. The smallest absolute Gasteiger partial charge is 0.223 e. The molecule has 1 aliphatic heterocycles. The molecule has 2 heterocycles. The molecule has 1 atom stereocenters. The van der Waals surface area contributed by atoms with Crippen LogP contribution in [0.3, 0.4) is 0 Å². The Bertz CT molecular complexity index is 579. The van der Waals surface area contributed by atoms with Crippen molar-refractivity contribution in [2.24, 2.45) is 0 Å². The lowest BCUT2D eigenvalue weighted by Crippen LogP contribution is -2.38. The minimum Gasteiger partial charge on any atom is -0.367 e. The largest absolute Gasteiger partial charge is 0.367 e. The lowest BCUT2D eigenvalue weighted by molar-refractivity contribution is -0.0380. The van der Waals surface area contributed by atoms with Gasteiger partial charge in [0.05, 0.1) is 6.61 Å². The fourth-order valence-electron chi connectivity index (χ4n) is 2.59. The second kappa shape index (κ2) is 6.37. The van der Waals surface area contributed by atoms with Crippen molar-refractivity contribution >= 4 is 0 Å². The van der Waals surface area contributed by atoms with E-state index in [1.807, 2.05) is 0 Å². The van der Waals surface area contributed by atoms with Gasteiger partial charge in [0.25, 0.3) is 0 Å². The number of aromatic nitrogens is 2. The topological polar surface area (TPSA) is 51.4 Å².